The van der Waals surface area contributed by atoms with Crippen LogP contribution in [0.4, 0.5) is 5.69 Å². The molecular formula is C21H26N3O3S+. The van der Waals surface area contributed by atoms with Crippen LogP contribution in [0.15, 0.2) is 65.6 Å². The highest BCUT2D eigenvalue weighted by Gasteiger charge is 2.20. The second kappa shape index (κ2) is 8.68. The molecule has 0 aromatic heterocycles. The number of carbonyl (C=O) groups excluding carboxylic acids is 1. The molecule has 0 bridgehead atoms. The van der Waals surface area contributed by atoms with Gasteiger partial charge < -0.3 is 10.2 Å². The summed E-state index contributed by atoms with van der Waals surface area (Å²) < 4.78 is 25.3. The average molecular weight is 401 g/mol. The predicted molar refractivity (Wildman–Crippen MR) is 111 cm³/mol. The van der Waals surface area contributed by atoms with Crippen molar-refractivity contribution in [2.45, 2.75) is 11.3 Å². The van der Waals surface area contributed by atoms with Crippen LogP contribution in [0.25, 0.3) is 5.57 Å². The molecule has 1 amide bonds. The van der Waals surface area contributed by atoms with Gasteiger partial charge in [-0.05, 0) is 41.5 Å². The van der Waals surface area contributed by atoms with E-state index in [0.29, 0.717) is 12.2 Å². The minimum Gasteiger partial charge on any atom is -0.324 e. The number of benzene rings is 2. The maximum Gasteiger partial charge on any atom is 0.279 e. The number of sulfonamides is 1. The summed E-state index contributed by atoms with van der Waals surface area (Å²) in [5, 5.41) is 2.85. The molecule has 7 heteroatoms. The third-order valence-electron chi connectivity index (χ3n) is 4.86. The fourth-order valence-electron chi connectivity index (χ4n) is 3.21. The molecule has 0 saturated carbocycles. The lowest BCUT2D eigenvalue weighted by atomic mass is 10.00. The number of amides is 1. The van der Waals surface area contributed by atoms with E-state index >= 15 is 0 Å². The number of carbonyl (C=O) groups is 1. The zero-order valence-electron chi connectivity index (χ0n) is 16.2. The van der Waals surface area contributed by atoms with Crippen LogP contribution in [0.1, 0.15) is 12.0 Å². The molecule has 6 nitrogen and oxygen atoms in total. The summed E-state index contributed by atoms with van der Waals surface area (Å²) in [5.41, 5.74) is 3.18. The number of rotatable bonds is 6. The van der Waals surface area contributed by atoms with Crippen molar-refractivity contribution in [3.05, 3.63) is 66.2 Å². The summed E-state index contributed by atoms with van der Waals surface area (Å²) in [4.78, 5) is 13.8. The number of hydrogen-bond acceptors (Lipinski definition) is 3. The zero-order chi connectivity index (χ0) is 20.1. The number of anilines is 1. The van der Waals surface area contributed by atoms with E-state index in [1.165, 1.54) is 42.3 Å². The molecule has 2 N–H and O–H groups in total. The quantitative estimate of drug-likeness (QED) is 0.767. The van der Waals surface area contributed by atoms with Crippen molar-refractivity contribution in [1.82, 2.24) is 4.31 Å². The second-order valence-corrected chi connectivity index (χ2v) is 9.24. The van der Waals surface area contributed by atoms with Gasteiger partial charge in [0.1, 0.15) is 0 Å². The summed E-state index contributed by atoms with van der Waals surface area (Å²) in [6, 6.07) is 16.6. The van der Waals surface area contributed by atoms with Gasteiger partial charge in [-0.1, -0.05) is 30.3 Å². The maximum atomic E-state index is 12.3. The number of nitrogens with one attached hydrogen (secondary N) is 2. The lowest BCUT2D eigenvalue weighted by molar-refractivity contribution is -0.886. The SMILES string of the molecule is CN(C)S(=O)(=O)c1ccc(NC(=O)C[NH+]2CC=C(c3ccccc3)CC2)cc1. The van der Waals surface area contributed by atoms with E-state index < -0.39 is 10.0 Å². The van der Waals surface area contributed by atoms with Crippen molar-refractivity contribution in [1.29, 1.82) is 0 Å². The van der Waals surface area contributed by atoms with Gasteiger partial charge in [-0.15, -0.1) is 0 Å². The highest BCUT2D eigenvalue weighted by atomic mass is 32.2. The molecule has 0 radical (unpaired) electrons. The van der Waals surface area contributed by atoms with Gasteiger partial charge in [-0.3, -0.25) is 4.79 Å². The highest BCUT2D eigenvalue weighted by molar-refractivity contribution is 7.89. The molecule has 3 rings (SSSR count). The van der Waals surface area contributed by atoms with E-state index in [4.69, 9.17) is 0 Å². The Balaban J connectivity index is 1.54. The summed E-state index contributed by atoms with van der Waals surface area (Å²) in [7, 11) is -0.483. The molecule has 1 heterocycles. The molecule has 0 fully saturated rings. The highest BCUT2D eigenvalue weighted by Crippen LogP contribution is 2.18. The number of quaternary nitrogens is 1. The molecule has 1 unspecified atom stereocenters. The van der Waals surface area contributed by atoms with Gasteiger partial charge in [-0.25, -0.2) is 12.7 Å². The largest absolute Gasteiger partial charge is 0.324 e. The molecule has 0 saturated heterocycles. The first-order valence-electron chi connectivity index (χ1n) is 9.27. The van der Waals surface area contributed by atoms with Crippen molar-refractivity contribution < 1.29 is 18.1 Å². The van der Waals surface area contributed by atoms with E-state index in [-0.39, 0.29) is 10.8 Å². The lowest BCUT2D eigenvalue weighted by Crippen LogP contribution is -3.13. The van der Waals surface area contributed by atoms with E-state index in [0.717, 1.165) is 23.8 Å². The Hall–Kier alpha value is -2.48. The van der Waals surface area contributed by atoms with E-state index in [1.54, 1.807) is 12.1 Å². The molecule has 1 aliphatic heterocycles. The van der Waals surface area contributed by atoms with Gasteiger partial charge in [0, 0.05) is 26.2 Å². The third kappa shape index (κ3) is 4.86. The molecule has 148 valence electrons. The fourth-order valence-corrected chi connectivity index (χ4v) is 4.11. The third-order valence-corrected chi connectivity index (χ3v) is 6.69. The number of hydrogen-bond donors (Lipinski definition) is 2. The minimum absolute atomic E-state index is 0.0743. The van der Waals surface area contributed by atoms with Crippen LogP contribution in [0.5, 0.6) is 0 Å². The molecular weight excluding hydrogens is 374 g/mol. The molecule has 1 aliphatic rings. The van der Waals surface area contributed by atoms with Crippen LogP contribution in [0, 0.1) is 0 Å². The normalized spacial score (nSPS) is 17.2. The summed E-state index contributed by atoms with van der Waals surface area (Å²) in [5.74, 6) is -0.0743. The summed E-state index contributed by atoms with van der Waals surface area (Å²) >= 11 is 0. The zero-order valence-corrected chi connectivity index (χ0v) is 17.0. The Morgan fingerprint density at radius 3 is 2.32 bits per heavy atom. The van der Waals surface area contributed by atoms with Crippen LogP contribution in [-0.4, -0.2) is 52.4 Å². The first-order valence-corrected chi connectivity index (χ1v) is 10.7. The molecule has 0 spiro atoms. The Labute approximate surface area is 166 Å². The van der Waals surface area contributed by atoms with E-state index in [2.05, 4.69) is 23.5 Å². The van der Waals surface area contributed by atoms with Crippen molar-refractivity contribution in [3.63, 3.8) is 0 Å². The summed E-state index contributed by atoms with van der Waals surface area (Å²) in [6.07, 6.45) is 3.16. The maximum absolute atomic E-state index is 12.3. The van der Waals surface area contributed by atoms with E-state index in [9.17, 15) is 13.2 Å². The van der Waals surface area contributed by atoms with Gasteiger partial charge in [-0.2, -0.15) is 0 Å². The monoisotopic (exact) mass is 400 g/mol. The van der Waals surface area contributed by atoms with Crippen molar-refractivity contribution in [3.8, 4) is 0 Å². The van der Waals surface area contributed by atoms with Gasteiger partial charge in [0.05, 0.1) is 18.0 Å². The van der Waals surface area contributed by atoms with Crippen LogP contribution in [-0.2, 0) is 14.8 Å². The number of nitrogens with zero attached hydrogens (tertiary/aromatic N) is 1. The minimum atomic E-state index is -3.46. The smallest absolute Gasteiger partial charge is 0.279 e. The lowest BCUT2D eigenvalue weighted by Gasteiger charge is -2.23. The predicted octanol–water partition coefficient (Wildman–Crippen LogP) is 1.25. The van der Waals surface area contributed by atoms with Crippen molar-refractivity contribution >= 4 is 27.2 Å². The van der Waals surface area contributed by atoms with Gasteiger partial charge in [0.25, 0.3) is 5.91 Å². The average Bonchev–Trinajstić information content (AvgIpc) is 2.69. The Bertz CT molecular complexity index is 952. The molecule has 1 atom stereocenters. The van der Waals surface area contributed by atoms with Gasteiger partial charge in [0.15, 0.2) is 6.54 Å². The Kier molecular flexibility index (Phi) is 6.28. The van der Waals surface area contributed by atoms with Crippen molar-refractivity contribution in [2.75, 3.05) is 39.0 Å². The fraction of sp³-hybridized carbons (Fsp3) is 0.286. The Morgan fingerprint density at radius 2 is 1.75 bits per heavy atom. The van der Waals surface area contributed by atoms with Gasteiger partial charge >= 0.3 is 0 Å². The standard InChI is InChI=1S/C21H25N3O3S/c1-23(2)28(26,27)20-10-8-19(9-11-20)22-21(25)16-24-14-12-18(13-15-24)17-6-4-3-5-7-17/h3-12H,13-16H2,1-2H3,(H,22,25)/p+1. The first-order chi connectivity index (χ1) is 13.4. The van der Waals surface area contributed by atoms with Crippen LogP contribution in [0.3, 0.4) is 0 Å². The topological polar surface area (TPSA) is 70.9 Å². The van der Waals surface area contributed by atoms with Gasteiger partial charge in [0.2, 0.25) is 10.0 Å². The summed E-state index contributed by atoms with van der Waals surface area (Å²) in [6.45, 7) is 2.11. The van der Waals surface area contributed by atoms with Crippen LogP contribution < -0.4 is 10.2 Å². The van der Waals surface area contributed by atoms with Crippen LogP contribution >= 0.6 is 0 Å². The first kappa shape index (κ1) is 20.3. The molecule has 2 aromatic rings. The molecule has 2 aromatic carbocycles. The second-order valence-electron chi connectivity index (χ2n) is 7.09. The van der Waals surface area contributed by atoms with E-state index in [1.807, 2.05) is 18.2 Å². The van der Waals surface area contributed by atoms with Crippen LogP contribution in [0.2, 0.25) is 0 Å². The molecule has 28 heavy (non-hydrogen) atoms. The van der Waals surface area contributed by atoms with Crippen molar-refractivity contribution in [2.24, 2.45) is 0 Å². The molecule has 0 aliphatic carbocycles. The Morgan fingerprint density at radius 1 is 1.07 bits per heavy atom.